The van der Waals surface area contributed by atoms with Crippen LogP contribution in [0.5, 0.6) is 0 Å². The molecule has 26 heavy (non-hydrogen) atoms. The van der Waals surface area contributed by atoms with Crippen LogP contribution in [0.4, 0.5) is 19.0 Å². The van der Waals surface area contributed by atoms with Gasteiger partial charge >= 0.3 is 6.18 Å². The SMILES string of the molecule is O=C(CN1CCN(c2cc(C(F)(F)F)ccn2)CC1)N1CCCCCC1. The van der Waals surface area contributed by atoms with Crippen LogP contribution in [0.2, 0.25) is 0 Å². The van der Waals surface area contributed by atoms with Gasteiger partial charge in [-0.2, -0.15) is 13.2 Å². The van der Waals surface area contributed by atoms with E-state index in [0.717, 1.165) is 38.1 Å². The summed E-state index contributed by atoms with van der Waals surface area (Å²) in [5.41, 5.74) is -0.679. The Morgan fingerprint density at radius 1 is 1.00 bits per heavy atom. The standard InChI is InChI=1S/C18H25F3N4O/c19-18(20,21)15-5-6-22-16(13-15)24-11-9-23(10-12-24)14-17(26)25-7-3-1-2-4-8-25/h5-6,13H,1-4,7-12,14H2. The molecule has 0 spiro atoms. The Labute approximate surface area is 151 Å². The molecular weight excluding hydrogens is 345 g/mol. The molecule has 0 N–H and O–H groups in total. The first-order valence-electron chi connectivity index (χ1n) is 9.22. The lowest BCUT2D eigenvalue weighted by atomic mass is 10.2. The normalized spacial score (nSPS) is 20.1. The predicted octanol–water partition coefficient (Wildman–Crippen LogP) is 2.63. The Morgan fingerprint density at radius 3 is 2.27 bits per heavy atom. The molecule has 8 heteroatoms. The molecule has 0 aromatic carbocycles. The van der Waals surface area contributed by atoms with Crippen molar-refractivity contribution >= 4 is 11.7 Å². The maximum absolute atomic E-state index is 12.8. The number of aromatic nitrogens is 1. The van der Waals surface area contributed by atoms with Crippen LogP contribution in [0.1, 0.15) is 31.2 Å². The van der Waals surface area contributed by atoms with Crippen molar-refractivity contribution in [3.8, 4) is 0 Å². The second-order valence-corrected chi connectivity index (χ2v) is 6.96. The molecule has 1 aromatic rings. The van der Waals surface area contributed by atoms with Crippen LogP contribution in [0.25, 0.3) is 0 Å². The minimum absolute atomic E-state index is 0.164. The van der Waals surface area contributed by atoms with Gasteiger partial charge in [0.25, 0.3) is 0 Å². The Morgan fingerprint density at radius 2 is 1.65 bits per heavy atom. The monoisotopic (exact) mass is 370 g/mol. The second kappa shape index (κ2) is 8.24. The molecule has 2 saturated heterocycles. The smallest absolute Gasteiger partial charge is 0.354 e. The lowest BCUT2D eigenvalue weighted by molar-refractivity contribution is -0.137. The maximum atomic E-state index is 12.8. The molecule has 2 aliphatic heterocycles. The van der Waals surface area contributed by atoms with Crippen molar-refractivity contribution < 1.29 is 18.0 Å². The molecule has 5 nitrogen and oxygen atoms in total. The molecule has 0 radical (unpaired) electrons. The summed E-state index contributed by atoms with van der Waals surface area (Å²) in [6.07, 6.45) is 1.35. The highest BCUT2D eigenvalue weighted by Gasteiger charge is 2.31. The average Bonchev–Trinajstić information content (AvgIpc) is 2.91. The van der Waals surface area contributed by atoms with E-state index >= 15 is 0 Å². The van der Waals surface area contributed by atoms with Gasteiger partial charge in [-0.1, -0.05) is 12.8 Å². The number of halogens is 3. The fourth-order valence-corrected chi connectivity index (χ4v) is 3.51. The van der Waals surface area contributed by atoms with Gasteiger partial charge in [0.2, 0.25) is 5.91 Å². The molecule has 0 aliphatic carbocycles. The van der Waals surface area contributed by atoms with E-state index in [9.17, 15) is 18.0 Å². The van der Waals surface area contributed by atoms with Crippen molar-refractivity contribution in [3.05, 3.63) is 23.9 Å². The van der Waals surface area contributed by atoms with E-state index in [4.69, 9.17) is 0 Å². The molecule has 144 valence electrons. The lowest BCUT2D eigenvalue weighted by Crippen LogP contribution is -2.50. The summed E-state index contributed by atoms with van der Waals surface area (Å²) < 4.78 is 38.5. The molecule has 2 fully saturated rings. The lowest BCUT2D eigenvalue weighted by Gasteiger charge is -2.36. The Hall–Kier alpha value is -1.83. The molecule has 0 saturated carbocycles. The molecule has 1 aromatic heterocycles. The zero-order valence-electron chi connectivity index (χ0n) is 14.8. The van der Waals surface area contributed by atoms with Crippen molar-refractivity contribution in [1.29, 1.82) is 0 Å². The van der Waals surface area contributed by atoms with E-state index in [1.807, 2.05) is 9.80 Å². The quantitative estimate of drug-likeness (QED) is 0.820. The number of rotatable bonds is 3. The number of alkyl halides is 3. The molecule has 1 amide bonds. The molecule has 0 atom stereocenters. The maximum Gasteiger partial charge on any atom is 0.416 e. The Balaban J connectivity index is 1.52. The van der Waals surface area contributed by atoms with Gasteiger partial charge in [-0.25, -0.2) is 4.98 Å². The molecular formula is C18H25F3N4O. The summed E-state index contributed by atoms with van der Waals surface area (Å²) in [6.45, 7) is 4.52. The van der Waals surface area contributed by atoms with Gasteiger partial charge in [-0.3, -0.25) is 9.69 Å². The van der Waals surface area contributed by atoms with Crippen molar-refractivity contribution in [2.24, 2.45) is 0 Å². The predicted molar refractivity (Wildman–Crippen MR) is 92.9 cm³/mol. The van der Waals surface area contributed by atoms with Gasteiger partial charge in [0.1, 0.15) is 5.82 Å². The average molecular weight is 370 g/mol. The van der Waals surface area contributed by atoms with E-state index in [1.54, 1.807) is 0 Å². The third-order valence-corrected chi connectivity index (χ3v) is 5.09. The summed E-state index contributed by atoms with van der Waals surface area (Å²) in [5, 5.41) is 0. The molecule has 3 rings (SSSR count). The number of likely N-dealkylation sites (tertiary alicyclic amines) is 1. The number of hydrogen-bond donors (Lipinski definition) is 0. The number of anilines is 1. The highest BCUT2D eigenvalue weighted by molar-refractivity contribution is 5.78. The van der Waals surface area contributed by atoms with Crippen LogP contribution < -0.4 is 4.90 Å². The summed E-state index contributed by atoms with van der Waals surface area (Å²) in [5.74, 6) is 0.510. The zero-order valence-corrected chi connectivity index (χ0v) is 14.8. The van der Waals surface area contributed by atoms with Crippen molar-refractivity contribution in [1.82, 2.24) is 14.8 Å². The van der Waals surface area contributed by atoms with Crippen LogP contribution in [-0.2, 0) is 11.0 Å². The molecule has 0 bridgehead atoms. The highest BCUT2D eigenvalue weighted by Crippen LogP contribution is 2.30. The molecule has 3 heterocycles. The minimum atomic E-state index is -4.36. The topological polar surface area (TPSA) is 39.7 Å². The van der Waals surface area contributed by atoms with Crippen molar-refractivity contribution in [2.45, 2.75) is 31.9 Å². The van der Waals surface area contributed by atoms with E-state index in [0.29, 0.717) is 38.5 Å². The third kappa shape index (κ3) is 4.87. The fourth-order valence-electron chi connectivity index (χ4n) is 3.51. The highest BCUT2D eigenvalue weighted by atomic mass is 19.4. The number of piperazine rings is 1. The zero-order chi connectivity index (χ0) is 18.6. The van der Waals surface area contributed by atoms with Crippen LogP contribution in [0.15, 0.2) is 18.3 Å². The van der Waals surface area contributed by atoms with Gasteiger partial charge in [0.15, 0.2) is 0 Å². The molecule has 0 unspecified atom stereocenters. The Kier molecular flexibility index (Phi) is 6.01. The fraction of sp³-hybridized carbons (Fsp3) is 0.667. The van der Waals surface area contributed by atoms with Crippen LogP contribution in [0, 0.1) is 0 Å². The molecule has 2 aliphatic rings. The van der Waals surface area contributed by atoms with Crippen LogP contribution in [0.3, 0.4) is 0 Å². The summed E-state index contributed by atoms with van der Waals surface area (Å²) in [7, 11) is 0. The number of carbonyl (C=O) groups is 1. The first-order valence-corrected chi connectivity index (χ1v) is 9.22. The van der Waals surface area contributed by atoms with E-state index in [-0.39, 0.29) is 5.91 Å². The number of amides is 1. The van der Waals surface area contributed by atoms with E-state index < -0.39 is 11.7 Å². The third-order valence-electron chi connectivity index (χ3n) is 5.09. The first-order chi connectivity index (χ1) is 12.4. The van der Waals surface area contributed by atoms with Crippen molar-refractivity contribution in [3.63, 3.8) is 0 Å². The van der Waals surface area contributed by atoms with Crippen LogP contribution >= 0.6 is 0 Å². The largest absolute Gasteiger partial charge is 0.416 e. The summed E-state index contributed by atoms with van der Waals surface area (Å²) in [4.78, 5) is 22.4. The number of hydrogen-bond acceptors (Lipinski definition) is 4. The van der Waals surface area contributed by atoms with Gasteiger partial charge < -0.3 is 9.80 Å². The first kappa shape index (κ1) is 18.9. The van der Waals surface area contributed by atoms with Gasteiger partial charge in [-0.05, 0) is 25.0 Å². The van der Waals surface area contributed by atoms with E-state index in [1.165, 1.54) is 19.0 Å². The summed E-state index contributed by atoms with van der Waals surface area (Å²) >= 11 is 0. The van der Waals surface area contributed by atoms with E-state index in [2.05, 4.69) is 9.88 Å². The van der Waals surface area contributed by atoms with Gasteiger partial charge in [0, 0.05) is 45.5 Å². The second-order valence-electron chi connectivity index (χ2n) is 6.96. The van der Waals surface area contributed by atoms with Crippen LogP contribution in [-0.4, -0.2) is 66.5 Å². The van der Waals surface area contributed by atoms with Gasteiger partial charge in [0.05, 0.1) is 12.1 Å². The number of carbonyl (C=O) groups excluding carboxylic acids is 1. The Bertz CT molecular complexity index is 607. The number of nitrogens with zero attached hydrogens (tertiary/aromatic N) is 4. The number of pyridine rings is 1. The summed E-state index contributed by atoms with van der Waals surface area (Å²) in [6, 6.07) is 2.08. The minimum Gasteiger partial charge on any atom is -0.354 e. The van der Waals surface area contributed by atoms with Gasteiger partial charge in [-0.15, -0.1) is 0 Å². The van der Waals surface area contributed by atoms with Crippen molar-refractivity contribution in [2.75, 3.05) is 50.7 Å².